The number of nitrogens with zero attached hydrogens (tertiary/aromatic N) is 1. The lowest BCUT2D eigenvalue weighted by molar-refractivity contribution is 0.0944. The molecule has 5 heteroatoms. The van der Waals surface area contributed by atoms with Crippen LogP contribution in [0.5, 0.6) is 0 Å². The minimum atomic E-state index is -0.294. The summed E-state index contributed by atoms with van der Waals surface area (Å²) in [7, 11) is 0. The summed E-state index contributed by atoms with van der Waals surface area (Å²) in [6, 6.07) is 10.4. The van der Waals surface area contributed by atoms with E-state index in [4.69, 9.17) is 0 Å². The van der Waals surface area contributed by atoms with Crippen molar-refractivity contribution in [1.82, 2.24) is 10.3 Å². The zero-order valence-corrected chi connectivity index (χ0v) is 12.9. The normalized spacial score (nSPS) is 10.4. The van der Waals surface area contributed by atoms with E-state index in [9.17, 15) is 9.59 Å². The minimum absolute atomic E-state index is 0.0255. The molecule has 0 bridgehead atoms. The molecule has 0 saturated heterocycles. The van der Waals surface area contributed by atoms with E-state index in [1.807, 2.05) is 20.8 Å². The van der Waals surface area contributed by atoms with Crippen LogP contribution in [0.15, 0.2) is 42.6 Å². The SMILES string of the molecule is Cc1ccc(C(=O)Nc2ccccc2C(=O)NC(C)C)cn1. The summed E-state index contributed by atoms with van der Waals surface area (Å²) in [4.78, 5) is 28.5. The fourth-order valence-electron chi connectivity index (χ4n) is 1.93. The van der Waals surface area contributed by atoms with Gasteiger partial charge in [0, 0.05) is 17.9 Å². The van der Waals surface area contributed by atoms with E-state index in [1.54, 1.807) is 36.4 Å². The zero-order chi connectivity index (χ0) is 16.1. The van der Waals surface area contributed by atoms with Crippen molar-refractivity contribution in [3.63, 3.8) is 0 Å². The van der Waals surface area contributed by atoms with Crippen LogP contribution < -0.4 is 10.6 Å². The Hall–Kier alpha value is -2.69. The molecule has 0 spiro atoms. The summed E-state index contributed by atoms with van der Waals surface area (Å²) < 4.78 is 0. The number of amides is 2. The number of anilines is 1. The maximum absolute atomic E-state index is 12.2. The number of hydrogen-bond acceptors (Lipinski definition) is 3. The number of carbonyl (C=O) groups is 2. The highest BCUT2D eigenvalue weighted by molar-refractivity contribution is 6.08. The highest BCUT2D eigenvalue weighted by atomic mass is 16.2. The number of hydrogen-bond donors (Lipinski definition) is 2. The lowest BCUT2D eigenvalue weighted by Crippen LogP contribution is -2.31. The molecule has 1 aromatic carbocycles. The fourth-order valence-corrected chi connectivity index (χ4v) is 1.93. The smallest absolute Gasteiger partial charge is 0.257 e. The van der Waals surface area contributed by atoms with Gasteiger partial charge in [-0.15, -0.1) is 0 Å². The molecule has 1 aromatic heterocycles. The van der Waals surface area contributed by atoms with Crippen LogP contribution in [0.25, 0.3) is 0 Å². The number of pyridine rings is 1. The molecular weight excluding hydrogens is 278 g/mol. The summed E-state index contributed by atoms with van der Waals surface area (Å²) >= 11 is 0. The first kappa shape index (κ1) is 15.7. The monoisotopic (exact) mass is 297 g/mol. The molecule has 0 aliphatic carbocycles. The molecule has 0 unspecified atom stereocenters. The zero-order valence-electron chi connectivity index (χ0n) is 12.9. The second-order valence-corrected chi connectivity index (χ2v) is 5.32. The van der Waals surface area contributed by atoms with Crippen LogP contribution in [0.1, 0.15) is 40.3 Å². The first-order valence-electron chi connectivity index (χ1n) is 7.11. The Kier molecular flexibility index (Phi) is 4.88. The van der Waals surface area contributed by atoms with Crippen molar-refractivity contribution >= 4 is 17.5 Å². The molecule has 5 nitrogen and oxygen atoms in total. The molecule has 114 valence electrons. The van der Waals surface area contributed by atoms with E-state index < -0.39 is 0 Å². The Morgan fingerprint density at radius 3 is 2.41 bits per heavy atom. The number of rotatable bonds is 4. The summed E-state index contributed by atoms with van der Waals surface area (Å²) in [5.41, 5.74) is 2.20. The predicted molar refractivity (Wildman–Crippen MR) is 86.0 cm³/mol. The second-order valence-electron chi connectivity index (χ2n) is 5.32. The van der Waals surface area contributed by atoms with Crippen molar-refractivity contribution in [2.45, 2.75) is 26.8 Å². The van der Waals surface area contributed by atoms with Crippen LogP contribution in [0.3, 0.4) is 0 Å². The van der Waals surface area contributed by atoms with E-state index >= 15 is 0 Å². The molecular formula is C17H19N3O2. The van der Waals surface area contributed by atoms with E-state index in [1.165, 1.54) is 6.20 Å². The van der Waals surface area contributed by atoms with Gasteiger partial charge in [0.1, 0.15) is 0 Å². The largest absolute Gasteiger partial charge is 0.350 e. The summed E-state index contributed by atoms with van der Waals surface area (Å²) in [5.74, 6) is -0.509. The number of nitrogens with one attached hydrogen (secondary N) is 2. The Bertz CT molecular complexity index is 679. The minimum Gasteiger partial charge on any atom is -0.350 e. The van der Waals surface area contributed by atoms with Gasteiger partial charge < -0.3 is 10.6 Å². The standard InChI is InChI=1S/C17H19N3O2/c1-11(2)19-17(22)14-6-4-5-7-15(14)20-16(21)13-9-8-12(3)18-10-13/h4-11H,1-3H3,(H,19,22)(H,20,21). The van der Waals surface area contributed by atoms with Gasteiger partial charge in [-0.3, -0.25) is 14.6 Å². The number of aryl methyl sites for hydroxylation is 1. The lowest BCUT2D eigenvalue weighted by Gasteiger charge is -2.13. The summed E-state index contributed by atoms with van der Waals surface area (Å²) in [5, 5.41) is 5.58. The van der Waals surface area contributed by atoms with Crippen molar-refractivity contribution in [2.24, 2.45) is 0 Å². The van der Waals surface area contributed by atoms with E-state index in [-0.39, 0.29) is 17.9 Å². The molecule has 2 aromatic rings. The van der Waals surface area contributed by atoms with Crippen molar-refractivity contribution in [1.29, 1.82) is 0 Å². The average Bonchev–Trinajstić information content (AvgIpc) is 2.47. The number of carbonyl (C=O) groups excluding carboxylic acids is 2. The first-order chi connectivity index (χ1) is 10.5. The first-order valence-corrected chi connectivity index (χ1v) is 7.11. The van der Waals surface area contributed by atoms with Crippen molar-refractivity contribution in [3.8, 4) is 0 Å². The molecule has 0 saturated carbocycles. The quantitative estimate of drug-likeness (QED) is 0.911. The Balaban J connectivity index is 2.21. The van der Waals surface area contributed by atoms with E-state index in [0.717, 1.165) is 5.69 Å². The second kappa shape index (κ2) is 6.85. The molecule has 2 N–H and O–H groups in total. The van der Waals surface area contributed by atoms with Crippen molar-refractivity contribution < 1.29 is 9.59 Å². The highest BCUT2D eigenvalue weighted by Gasteiger charge is 2.14. The van der Waals surface area contributed by atoms with Gasteiger partial charge in [-0.1, -0.05) is 12.1 Å². The van der Waals surface area contributed by atoms with Crippen molar-refractivity contribution in [3.05, 3.63) is 59.4 Å². The van der Waals surface area contributed by atoms with Crippen LogP contribution in [0, 0.1) is 6.92 Å². The number of aromatic nitrogens is 1. The molecule has 0 atom stereocenters. The van der Waals surface area contributed by atoms with Gasteiger partial charge in [0.15, 0.2) is 0 Å². The molecule has 0 aliphatic heterocycles. The number of benzene rings is 1. The van der Waals surface area contributed by atoms with Gasteiger partial charge in [-0.2, -0.15) is 0 Å². The summed E-state index contributed by atoms with van der Waals surface area (Å²) in [6.45, 7) is 5.63. The van der Waals surface area contributed by atoms with Gasteiger partial charge in [0.25, 0.3) is 11.8 Å². The molecule has 0 aliphatic rings. The average molecular weight is 297 g/mol. The topological polar surface area (TPSA) is 71.1 Å². The van der Waals surface area contributed by atoms with Gasteiger partial charge in [-0.25, -0.2) is 0 Å². The fraction of sp³-hybridized carbons (Fsp3) is 0.235. The van der Waals surface area contributed by atoms with Gasteiger partial charge in [-0.05, 0) is 45.0 Å². The van der Waals surface area contributed by atoms with Crippen LogP contribution in [0.2, 0.25) is 0 Å². The molecule has 1 heterocycles. The maximum Gasteiger partial charge on any atom is 0.257 e. The lowest BCUT2D eigenvalue weighted by atomic mass is 10.1. The Morgan fingerprint density at radius 2 is 1.77 bits per heavy atom. The third-order valence-corrected chi connectivity index (χ3v) is 3.01. The van der Waals surface area contributed by atoms with Crippen LogP contribution in [-0.4, -0.2) is 22.8 Å². The molecule has 0 radical (unpaired) electrons. The van der Waals surface area contributed by atoms with Crippen LogP contribution in [-0.2, 0) is 0 Å². The van der Waals surface area contributed by atoms with Crippen LogP contribution >= 0.6 is 0 Å². The molecule has 2 amide bonds. The Morgan fingerprint density at radius 1 is 1.05 bits per heavy atom. The van der Waals surface area contributed by atoms with Gasteiger partial charge >= 0.3 is 0 Å². The van der Waals surface area contributed by atoms with Gasteiger partial charge in [0.05, 0.1) is 16.8 Å². The van der Waals surface area contributed by atoms with Gasteiger partial charge in [0.2, 0.25) is 0 Å². The summed E-state index contributed by atoms with van der Waals surface area (Å²) in [6.07, 6.45) is 1.52. The molecule has 2 rings (SSSR count). The van der Waals surface area contributed by atoms with E-state index in [0.29, 0.717) is 16.8 Å². The predicted octanol–water partition coefficient (Wildman–Crippen LogP) is 2.78. The third kappa shape index (κ3) is 3.91. The van der Waals surface area contributed by atoms with E-state index in [2.05, 4.69) is 15.6 Å². The molecule has 22 heavy (non-hydrogen) atoms. The highest BCUT2D eigenvalue weighted by Crippen LogP contribution is 2.16. The maximum atomic E-state index is 12.2. The third-order valence-electron chi connectivity index (χ3n) is 3.01. The molecule has 0 fully saturated rings. The van der Waals surface area contributed by atoms with Crippen molar-refractivity contribution in [2.75, 3.05) is 5.32 Å². The Labute approximate surface area is 129 Å². The van der Waals surface area contributed by atoms with Crippen LogP contribution in [0.4, 0.5) is 5.69 Å². The number of para-hydroxylation sites is 1.